The quantitative estimate of drug-likeness (QED) is 0.506. The van der Waals surface area contributed by atoms with Crippen molar-refractivity contribution in [3.63, 3.8) is 0 Å². The van der Waals surface area contributed by atoms with E-state index in [9.17, 15) is 52.7 Å². The zero-order valence-electron chi connectivity index (χ0n) is 9.82. The van der Waals surface area contributed by atoms with E-state index in [1.807, 2.05) is 0 Å². The molecule has 0 aromatic carbocycles. The molecule has 1 atom stereocenters. The van der Waals surface area contributed by atoms with Gasteiger partial charge in [-0.25, -0.2) is 4.39 Å². The molecule has 0 saturated carbocycles. The lowest BCUT2D eigenvalue weighted by Crippen LogP contribution is -2.28. The standard InChI is InChI=1S/C5H4F6.C2F4.C2H2F2/c1-2(6)5(10,11)3(7)4(8)9;3-1(4)2(5)6;1-2(3)4/h2H,1H3;;1H2. The van der Waals surface area contributed by atoms with Crippen LogP contribution in [0, 0.1) is 0 Å². The molecule has 0 nitrogen and oxygen atoms in total. The van der Waals surface area contributed by atoms with Crippen molar-refractivity contribution in [2.75, 3.05) is 0 Å². The van der Waals surface area contributed by atoms with Gasteiger partial charge in [0, 0.05) is 0 Å². The van der Waals surface area contributed by atoms with Crippen molar-refractivity contribution in [2.45, 2.75) is 19.0 Å². The minimum absolute atomic E-state index is 0.294. The minimum Gasteiger partial charge on any atom is -0.241 e. The van der Waals surface area contributed by atoms with Crippen LogP contribution in [-0.4, -0.2) is 12.1 Å². The molecule has 0 aliphatic carbocycles. The first-order chi connectivity index (χ1) is 9.17. The molecule has 0 spiro atoms. The molecule has 0 fully saturated rings. The van der Waals surface area contributed by atoms with Crippen molar-refractivity contribution in [1.82, 2.24) is 0 Å². The first-order valence-corrected chi connectivity index (χ1v) is 4.27. The van der Waals surface area contributed by atoms with Crippen LogP contribution in [0.3, 0.4) is 0 Å². The van der Waals surface area contributed by atoms with Crippen molar-refractivity contribution < 1.29 is 52.7 Å². The fourth-order valence-corrected chi connectivity index (χ4v) is 0.301. The van der Waals surface area contributed by atoms with Crippen LogP contribution in [0.15, 0.2) is 36.7 Å². The lowest BCUT2D eigenvalue weighted by molar-refractivity contribution is -0.0526. The van der Waals surface area contributed by atoms with Crippen LogP contribution < -0.4 is 0 Å². The van der Waals surface area contributed by atoms with E-state index in [0.717, 1.165) is 0 Å². The van der Waals surface area contributed by atoms with Crippen LogP contribution in [0.5, 0.6) is 0 Å². The molecule has 0 aromatic heterocycles. The summed E-state index contributed by atoms with van der Waals surface area (Å²) in [4.78, 5) is 0. The second-order valence-electron chi connectivity index (χ2n) is 2.67. The van der Waals surface area contributed by atoms with Gasteiger partial charge in [0.25, 0.3) is 6.08 Å². The summed E-state index contributed by atoms with van der Waals surface area (Å²) in [6.07, 6.45) is -13.8. The summed E-state index contributed by atoms with van der Waals surface area (Å²) in [7, 11) is 0. The zero-order chi connectivity index (χ0) is 18.0. The first kappa shape index (κ1) is 24.4. The summed E-state index contributed by atoms with van der Waals surface area (Å²) < 4.78 is 131. The van der Waals surface area contributed by atoms with Crippen molar-refractivity contribution >= 4 is 0 Å². The summed E-state index contributed by atoms with van der Waals surface area (Å²) in [5.74, 6) is -7.73. The van der Waals surface area contributed by atoms with E-state index < -0.39 is 42.2 Å². The van der Waals surface area contributed by atoms with Gasteiger partial charge in [0.05, 0.1) is 0 Å². The Morgan fingerprint density at radius 3 is 1.05 bits per heavy atom. The van der Waals surface area contributed by atoms with Crippen molar-refractivity contribution in [1.29, 1.82) is 0 Å². The molecule has 12 heteroatoms. The number of rotatable bonds is 2. The van der Waals surface area contributed by atoms with E-state index in [-0.39, 0.29) is 0 Å². The fraction of sp³-hybridized carbons (Fsp3) is 0.333. The highest BCUT2D eigenvalue weighted by molar-refractivity contribution is 5.06. The van der Waals surface area contributed by atoms with Gasteiger partial charge in [-0.3, -0.25) is 0 Å². The first-order valence-electron chi connectivity index (χ1n) is 4.27. The molecular weight excluding hydrogens is 336 g/mol. The third-order valence-electron chi connectivity index (χ3n) is 1.10. The van der Waals surface area contributed by atoms with Gasteiger partial charge in [-0.2, -0.15) is 48.3 Å². The van der Waals surface area contributed by atoms with Gasteiger partial charge in [0.2, 0.25) is 5.83 Å². The van der Waals surface area contributed by atoms with Crippen LogP contribution in [0.2, 0.25) is 0 Å². The Morgan fingerprint density at radius 2 is 1.00 bits per heavy atom. The van der Waals surface area contributed by atoms with Crippen molar-refractivity contribution in [3.05, 3.63) is 36.7 Å². The molecule has 0 amide bonds. The molecule has 0 bridgehead atoms. The highest BCUT2D eigenvalue weighted by Crippen LogP contribution is 2.33. The molecule has 0 aliphatic rings. The van der Waals surface area contributed by atoms with Gasteiger partial charge in [0.1, 0.15) is 0 Å². The molecule has 0 aromatic rings. The Morgan fingerprint density at radius 1 is 0.762 bits per heavy atom. The van der Waals surface area contributed by atoms with E-state index >= 15 is 0 Å². The van der Waals surface area contributed by atoms with E-state index in [1.165, 1.54) is 0 Å². The normalized spacial score (nSPS) is 11.1. The maximum absolute atomic E-state index is 11.9. The molecule has 0 rings (SSSR count). The molecule has 126 valence electrons. The lowest BCUT2D eigenvalue weighted by atomic mass is 10.2. The van der Waals surface area contributed by atoms with Gasteiger partial charge < -0.3 is 0 Å². The van der Waals surface area contributed by atoms with Crippen LogP contribution in [0.25, 0.3) is 0 Å². The summed E-state index contributed by atoms with van der Waals surface area (Å²) in [5.41, 5.74) is 0. The molecule has 1 unspecified atom stereocenters. The average molecular weight is 342 g/mol. The predicted molar refractivity (Wildman–Crippen MR) is 48.7 cm³/mol. The predicted octanol–water partition coefficient (Wildman–Crippen LogP) is 6.44. The molecule has 0 saturated heterocycles. The van der Waals surface area contributed by atoms with E-state index in [2.05, 4.69) is 6.58 Å². The van der Waals surface area contributed by atoms with Gasteiger partial charge in [-0.1, -0.05) is 0 Å². The number of hydrogen-bond donors (Lipinski definition) is 0. The number of halogens is 12. The molecule has 0 radical (unpaired) electrons. The third-order valence-corrected chi connectivity index (χ3v) is 1.10. The van der Waals surface area contributed by atoms with Crippen molar-refractivity contribution in [3.8, 4) is 0 Å². The van der Waals surface area contributed by atoms with Crippen LogP contribution >= 0.6 is 0 Å². The maximum Gasteiger partial charge on any atom is 0.334 e. The largest absolute Gasteiger partial charge is 0.334 e. The van der Waals surface area contributed by atoms with Crippen LogP contribution in [0.4, 0.5) is 52.7 Å². The molecule has 21 heavy (non-hydrogen) atoms. The zero-order valence-corrected chi connectivity index (χ0v) is 9.82. The fourth-order valence-electron chi connectivity index (χ4n) is 0.301. The number of alkyl halides is 3. The van der Waals surface area contributed by atoms with E-state index in [1.54, 1.807) is 0 Å². The third kappa shape index (κ3) is 14.6. The SMILES string of the molecule is C=C(F)F.CC(F)C(F)(F)C(F)=C(F)F.FC(F)=C(F)F. The average Bonchev–Trinajstić information content (AvgIpc) is 2.27. The Kier molecular flexibility index (Phi) is 12.9. The number of allylic oxidation sites excluding steroid dienone is 1. The maximum atomic E-state index is 11.9. The topological polar surface area (TPSA) is 0 Å². The van der Waals surface area contributed by atoms with Crippen LogP contribution in [0.1, 0.15) is 6.92 Å². The summed E-state index contributed by atoms with van der Waals surface area (Å²) in [6, 6.07) is 0. The summed E-state index contributed by atoms with van der Waals surface area (Å²) in [6.45, 7) is 2.52. The molecule has 0 aliphatic heterocycles. The van der Waals surface area contributed by atoms with Gasteiger partial charge in [-0.15, -0.1) is 0 Å². The van der Waals surface area contributed by atoms with Crippen molar-refractivity contribution in [2.24, 2.45) is 0 Å². The van der Waals surface area contributed by atoms with E-state index in [4.69, 9.17) is 0 Å². The smallest absolute Gasteiger partial charge is 0.241 e. The Bertz CT molecular complexity index is 354. The minimum atomic E-state index is -4.72. The Labute approximate surface area is 110 Å². The highest BCUT2D eigenvalue weighted by atomic mass is 19.3. The monoisotopic (exact) mass is 342 g/mol. The second-order valence-corrected chi connectivity index (χ2v) is 2.67. The van der Waals surface area contributed by atoms with Gasteiger partial charge >= 0.3 is 24.2 Å². The van der Waals surface area contributed by atoms with Gasteiger partial charge in [0.15, 0.2) is 6.17 Å². The molecule has 0 heterocycles. The Balaban J connectivity index is -0.000000272. The summed E-state index contributed by atoms with van der Waals surface area (Å²) in [5, 5.41) is 0. The van der Waals surface area contributed by atoms with E-state index in [0.29, 0.717) is 6.92 Å². The molecule has 0 N–H and O–H groups in total. The summed E-state index contributed by atoms with van der Waals surface area (Å²) >= 11 is 0. The van der Waals surface area contributed by atoms with Crippen LogP contribution in [-0.2, 0) is 0 Å². The highest BCUT2D eigenvalue weighted by Gasteiger charge is 2.45. The lowest BCUT2D eigenvalue weighted by Gasteiger charge is -2.13. The second kappa shape index (κ2) is 11.1. The van der Waals surface area contributed by atoms with Gasteiger partial charge in [-0.05, 0) is 13.5 Å². The molecular formula is C9H6F12. The number of hydrogen-bond acceptors (Lipinski definition) is 0. The Hall–Kier alpha value is -1.62.